The van der Waals surface area contributed by atoms with Crippen LogP contribution in [-0.4, -0.2) is 24.3 Å². The Bertz CT molecular complexity index is 2090. The summed E-state index contributed by atoms with van der Waals surface area (Å²) in [6.07, 6.45) is 1.81. The van der Waals surface area contributed by atoms with E-state index in [4.69, 9.17) is 19.2 Å². The van der Waals surface area contributed by atoms with Crippen LogP contribution in [0.4, 0.5) is 0 Å². The summed E-state index contributed by atoms with van der Waals surface area (Å²) >= 11 is 4.91. The van der Waals surface area contributed by atoms with E-state index in [1.807, 2.05) is 91.0 Å². The van der Waals surface area contributed by atoms with Crippen molar-refractivity contribution in [2.75, 3.05) is 13.7 Å². The van der Waals surface area contributed by atoms with E-state index in [1.165, 1.54) is 11.3 Å². The molecule has 0 aliphatic carbocycles. The number of carbonyl (C=O) groups is 1. The van der Waals surface area contributed by atoms with Gasteiger partial charge in [0.1, 0.15) is 6.61 Å². The molecule has 0 fully saturated rings. The maximum atomic E-state index is 14.2. The smallest absolute Gasteiger partial charge is 0.338 e. The molecule has 4 aromatic carbocycles. The molecule has 1 aliphatic rings. The van der Waals surface area contributed by atoms with Gasteiger partial charge in [-0.2, -0.15) is 0 Å². The molecule has 0 unspecified atom stereocenters. The van der Waals surface area contributed by atoms with E-state index in [2.05, 4.69) is 15.9 Å². The zero-order valence-corrected chi connectivity index (χ0v) is 26.8. The number of carbonyl (C=O) groups excluding carboxylic acids is 1. The first-order valence-electron chi connectivity index (χ1n) is 14.1. The van der Waals surface area contributed by atoms with E-state index in [0.29, 0.717) is 43.2 Å². The van der Waals surface area contributed by atoms with Crippen LogP contribution in [0.25, 0.3) is 16.8 Å². The van der Waals surface area contributed by atoms with Crippen molar-refractivity contribution in [1.82, 2.24) is 4.57 Å². The lowest BCUT2D eigenvalue weighted by atomic mass is 9.91. The van der Waals surface area contributed by atoms with Crippen LogP contribution in [0.2, 0.25) is 0 Å². The number of hydrogen-bond acceptors (Lipinski definition) is 7. The quantitative estimate of drug-likeness (QED) is 0.181. The second-order valence-electron chi connectivity index (χ2n) is 10.2. The summed E-state index contributed by atoms with van der Waals surface area (Å²) in [6, 6.07) is 26.8. The lowest BCUT2D eigenvalue weighted by Gasteiger charge is -2.25. The fourth-order valence-corrected chi connectivity index (χ4v) is 7.04. The van der Waals surface area contributed by atoms with E-state index in [0.717, 1.165) is 27.5 Å². The molecule has 7 nitrogen and oxygen atoms in total. The Labute approximate surface area is 266 Å². The van der Waals surface area contributed by atoms with E-state index >= 15 is 0 Å². The standard InChI is InChI=1S/C35H29BrN2O5S/c1-4-42-34(40)30-21(2)37-35-38(31(30)26-16-10-14-24-13-8-9-15-25(24)26)33(39)29(44-35)19-23-17-27(36)32(28(18-23)41-3)43-20-22-11-6-5-7-12-22/h5-19,31H,4,20H2,1-3H3/b29-19+/t31-/m1/s1. The molecule has 1 aromatic heterocycles. The molecule has 2 heterocycles. The Balaban J connectivity index is 1.47. The second-order valence-corrected chi connectivity index (χ2v) is 12.0. The monoisotopic (exact) mass is 668 g/mol. The van der Waals surface area contributed by atoms with Crippen molar-refractivity contribution in [3.63, 3.8) is 0 Å². The number of hydrogen-bond donors (Lipinski definition) is 0. The van der Waals surface area contributed by atoms with Crippen molar-refractivity contribution in [2.45, 2.75) is 26.5 Å². The van der Waals surface area contributed by atoms with Crippen molar-refractivity contribution < 1.29 is 19.0 Å². The number of methoxy groups -OCH3 is 1. The molecule has 222 valence electrons. The summed E-state index contributed by atoms with van der Waals surface area (Å²) < 4.78 is 20.0. The summed E-state index contributed by atoms with van der Waals surface area (Å²) in [7, 11) is 1.58. The molecule has 0 N–H and O–H groups in total. The van der Waals surface area contributed by atoms with Crippen molar-refractivity contribution >= 4 is 50.1 Å². The van der Waals surface area contributed by atoms with Crippen LogP contribution in [0.5, 0.6) is 11.5 Å². The second kappa shape index (κ2) is 12.6. The zero-order valence-electron chi connectivity index (χ0n) is 24.4. The SMILES string of the molecule is CCOC(=O)C1=C(C)N=c2s/c(=C/c3cc(Br)c(OCc4ccccc4)c(OC)c3)c(=O)n2[C@@H]1c1cccc2ccccc12. The van der Waals surface area contributed by atoms with Gasteiger partial charge in [-0.25, -0.2) is 9.79 Å². The van der Waals surface area contributed by atoms with Crippen LogP contribution >= 0.6 is 27.3 Å². The third kappa shape index (κ3) is 5.60. The number of rotatable bonds is 8. The number of esters is 1. The number of thiazole rings is 1. The lowest BCUT2D eigenvalue weighted by Crippen LogP contribution is -2.40. The molecule has 0 spiro atoms. The molecule has 9 heteroatoms. The zero-order chi connectivity index (χ0) is 30.8. The van der Waals surface area contributed by atoms with Crippen LogP contribution in [0, 0.1) is 0 Å². The molecule has 0 bridgehead atoms. The highest BCUT2D eigenvalue weighted by Gasteiger charge is 2.34. The highest BCUT2D eigenvalue weighted by Crippen LogP contribution is 2.38. The summed E-state index contributed by atoms with van der Waals surface area (Å²) in [5, 5.41) is 1.96. The minimum atomic E-state index is -0.700. The van der Waals surface area contributed by atoms with Crippen LogP contribution in [0.3, 0.4) is 0 Å². The third-order valence-corrected chi connectivity index (χ3v) is 8.98. The molecule has 0 saturated carbocycles. The Morgan fingerprint density at radius 3 is 2.57 bits per heavy atom. The molecular weight excluding hydrogens is 640 g/mol. The Hall–Kier alpha value is -4.47. The first-order chi connectivity index (χ1) is 21.4. The van der Waals surface area contributed by atoms with Gasteiger partial charge in [0.2, 0.25) is 0 Å². The molecule has 0 radical (unpaired) electrons. The summed E-state index contributed by atoms with van der Waals surface area (Å²) in [6.45, 7) is 4.14. The highest BCUT2D eigenvalue weighted by molar-refractivity contribution is 9.10. The van der Waals surface area contributed by atoms with Crippen molar-refractivity contribution in [3.8, 4) is 11.5 Å². The van der Waals surface area contributed by atoms with Gasteiger partial charge in [-0.1, -0.05) is 84.1 Å². The van der Waals surface area contributed by atoms with Gasteiger partial charge in [-0.15, -0.1) is 0 Å². The molecule has 0 saturated heterocycles. The number of nitrogens with zero attached hydrogens (tertiary/aromatic N) is 2. The number of allylic oxidation sites excluding steroid dienone is 1. The van der Waals surface area contributed by atoms with Crippen LogP contribution < -0.4 is 24.4 Å². The van der Waals surface area contributed by atoms with E-state index in [1.54, 1.807) is 25.5 Å². The lowest BCUT2D eigenvalue weighted by molar-refractivity contribution is -0.139. The van der Waals surface area contributed by atoms with Crippen LogP contribution in [0.15, 0.2) is 110 Å². The van der Waals surface area contributed by atoms with Gasteiger partial charge < -0.3 is 14.2 Å². The first kappa shape index (κ1) is 29.6. The van der Waals surface area contributed by atoms with Gasteiger partial charge in [-0.05, 0) is 75.4 Å². The molecule has 44 heavy (non-hydrogen) atoms. The number of aromatic nitrogens is 1. The molecule has 0 amide bonds. The molecule has 6 rings (SSSR count). The molecule has 1 atom stereocenters. The predicted octanol–water partition coefficient (Wildman–Crippen LogP) is 6.30. The van der Waals surface area contributed by atoms with Crippen molar-refractivity contribution in [1.29, 1.82) is 0 Å². The minimum Gasteiger partial charge on any atom is -0.493 e. The highest BCUT2D eigenvalue weighted by atomic mass is 79.9. The van der Waals surface area contributed by atoms with Crippen LogP contribution in [-0.2, 0) is 16.1 Å². The fourth-order valence-electron chi connectivity index (χ4n) is 5.42. The van der Waals surface area contributed by atoms with Gasteiger partial charge in [0, 0.05) is 0 Å². The van der Waals surface area contributed by atoms with E-state index < -0.39 is 12.0 Å². The van der Waals surface area contributed by atoms with E-state index in [-0.39, 0.29) is 12.2 Å². The maximum absolute atomic E-state index is 14.2. The summed E-state index contributed by atoms with van der Waals surface area (Å²) in [4.78, 5) is 32.7. The van der Waals surface area contributed by atoms with Crippen molar-refractivity contribution in [2.24, 2.45) is 4.99 Å². The number of fused-ring (bicyclic) bond motifs is 2. The summed E-state index contributed by atoms with van der Waals surface area (Å²) in [5.74, 6) is 0.616. The van der Waals surface area contributed by atoms with E-state index in [9.17, 15) is 9.59 Å². The molecule has 5 aromatic rings. The van der Waals surface area contributed by atoms with Gasteiger partial charge in [0.15, 0.2) is 16.3 Å². The largest absolute Gasteiger partial charge is 0.493 e. The summed E-state index contributed by atoms with van der Waals surface area (Å²) in [5.41, 5.74) is 3.24. The third-order valence-electron chi connectivity index (χ3n) is 7.41. The normalized spacial score (nSPS) is 14.7. The Morgan fingerprint density at radius 1 is 1.05 bits per heavy atom. The average Bonchev–Trinajstić information content (AvgIpc) is 3.33. The fraction of sp³-hybridized carbons (Fsp3) is 0.171. The molecule has 1 aliphatic heterocycles. The molecular formula is C35H29BrN2O5S. The number of benzene rings is 4. The average molecular weight is 670 g/mol. The van der Waals surface area contributed by atoms with Crippen molar-refractivity contribution in [3.05, 3.63) is 137 Å². The van der Waals surface area contributed by atoms with Gasteiger partial charge in [0.25, 0.3) is 5.56 Å². The number of ether oxygens (including phenoxy) is 3. The van der Waals surface area contributed by atoms with Gasteiger partial charge in [-0.3, -0.25) is 9.36 Å². The van der Waals surface area contributed by atoms with Gasteiger partial charge >= 0.3 is 5.97 Å². The van der Waals surface area contributed by atoms with Crippen LogP contribution in [0.1, 0.15) is 36.6 Å². The number of halogens is 1. The minimum absolute atomic E-state index is 0.212. The Morgan fingerprint density at radius 2 is 1.80 bits per heavy atom. The topological polar surface area (TPSA) is 79.1 Å². The Kier molecular flexibility index (Phi) is 8.50. The predicted molar refractivity (Wildman–Crippen MR) is 176 cm³/mol. The maximum Gasteiger partial charge on any atom is 0.338 e. The van der Waals surface area contributed by atoms with Gasteiger partial charge in [0.05, 0.1) is 40.0 Å². The first-order valence-corrected chi connectivity index (χ1v) is 15.7.